The van der Waals surface area contributed by atoms with E-state index in [1.165, 1.54) is 11.8 Å². The van der Waals surface area contributed by atoms with Gasteiger partial charge < -0.3 is 20.1 Å². The van der Waals surface area contributed by atoms with E-state index in [1.807, 2.05) is 118 Å². The molecule has 0 saturated carbocycles. The quantitative estimate of drug-likeness (QED) is 0.139. The summed E-state index contributed by atoms with van der Waals surface area (Å²) in [5.74, 6) is 2.10. The normalized spacial score (nSPS) is 14.0. The summed E-state index contributed by atoms with van der Waals surface area (Å²) in [7, 11) is 0. The van der Waals surface area contributed by atoms with Crippen LogP contribution in [0.3, 0.4) is 0 Å². The van der Waals surface area contributed by atoms with E-state index in [0.717, 1.165) is 27.9 Å². The average Bonchev–Trinajstić information content (AvgIpc) is 3.47. The molecular weight excluding hydrogens is 618 g/mol. The van der Waals surface area contributed by atoms with Gasteiger partial charge in [-0.1, -0.05) is 96.2 Å². The van der Waals surface area contributed by atoms with Gasteiger partial charge >= 0.3 is 0 Å². The number of fused-ring (bicyclic) bond motifs is 1. The van der Waals surface area contributed by atoms with Crippen LogP contribution < -0.4 is 20.1 Å². The van der Waals surface area contributed by atoms with E-state index in [9.17, 15) is 4.79 Å². The third-order valence-corrected chi connectivity index (χ3v) is 8.86. The number of nitrogens with one attached hydrogen (secondary N) is 2. The molecule has 0 bridgehead atoms. The van der Waals surface area contributed by atoms with Gasteiger partial charge in [-0.15, -0.1) is 5.10 Å². The monoisotopic (exact) mass is 651 g/mol. The smallest absolute Gasteiger partial charge is 0.255 e. The molecule has 46 heavy (non-hydrogen) atoms. The van der Waals surface area contributed by atoms with Crippen LogP contribution in [0.5, 0.6) is 11.5 Å². The van der Waals surface area contributed by atoms with Crippen LogP contribution in [0.25, 0.3) is 0 Å². The minimum Gasteiger partial charge on any atom is -0.490 e. The van der Waals surface area contributed by atoms with Gasteiger partial charge in [0.15, 0.2) is 11.5 Å². The molecule has 1 unspecified atom stereocenters. The van der Waals surface area contributed by atoms with Gasteiger partial charge in [-0.2, -0.15) is 4.98 Å². The zero-order chi connectivity index (χ0) is 32.0. The lowest BCUT2D eigenvalue weighted by atomic mass is 9.94. The number of halogens is 1. The van der Waals surface area contributed by atoms with Crippen molar-refractivity contribution in [2.75, 3.05) is 17.2 Å². The van der Waals surface area contributed by atoms with E-state index >= 15 is 0 Å². The van der Waals surface area contributed by atoms with Gasteiger partial charge in [-0.05, 0) is 67.3 Å². The van der Waals surface area contributed by atoms with Gasteiger partial charge in [0.05, 0.1) is 12.2 Å². The summed E-state index contributed by atoms with van der Waals surface area (Å²) >= 11 is 7.89. The molecule has 0 aliphatic carbocycles. The van der Waals surface area contributed by atoms with Crippen molar-refractivity contribution in [2.24, 2.45) is 0 Å². The number of hydrogen-bond acceptors (Lipinski definition) is 7. The second kappa shape index (κ2) is 14.1. The number of aryl methyl sites for hydroxylation is 1. The Balaban J connectivity index is 1.37. The predicted octanol–water partition coefficient (Wildman–Crippen LogP) is 8.44. The number of carbonyl (C=O) groups excluding carboxylic acids is 1. The number of ether oxygens (including phenoxy) is 2. The number of amides is 1. The lowest BCUT2D eigenvalue weighted by molar-refractivity contribution is -0.113. The molecule has 0 radical (unpaired) electrons. The number of allylic oxidation sites excluding steroid dienone is 1. The summed E-state index contributed by atoms with van der Waals surface area (Å²) in [6.45, 7) is 6.63. The van der Waals surface area contributed by atoms with Crippen LogP contribution in [0.1, 0.15) is 42.1 Å². The molecule has 5 aromatic rings. The maximum atomic E-state index is 14.1. The first-order valence-electron chi connectivity index (χ1n) is 15.0. The van der Waals surface area contributed by atoms with Gasteiger partial charge in [0.25, 0.3) is 5.91 Å². The first-order chi connectivity index (χ1) is 22.4. The third-order valence-electron chi connectivity index (χ3n) is 7.61. The Morgan fingerprint density at radius 1 is 0.957 bits per heavy atom. The highest BCUT2D eigenvalue weighted by atomic mass is 35.5. The molecule has 2 N–H and O–H groups in total. The Hall–Kier alpha value is -4.73. The first kappa shape index (κ1) is 31.3. The molecule has 8 nitrogen and oxygen atoms in total. The van der Waals surface area contributed by atoms with Gasteiger partial charge in [0.2, 0.25) is 11.1 Å². The molecule has 0 spiro atoms. The fourth-order valence-electron chi connectivity index (χ4n) is 5.27. The van der Waals surface area contributed by atoms with E-state index in [2.05, 4.69) is 10.6 Å². The van der Waals surface area contributed by atoms with Crippen LogP contribution in [-0.4, -0.2) is 27.3 Å². The number of benzene rings is 4. The van der Waals surface area contributed by atoms with Crippen LogP contribution in [0.2, 0.25) is 5.02 Å². The number of para-hydroxylation sites is 1. The summed E-state index contributed by atoms with van der Waals surface area (Å²) in [5, 5.41) is 12.6. The second-order valence-corrected chi connectivity index (χ2v) is 12.1. The molecule has 234 valence electrons. The summed E-state index contributed by atoms with van der Waals surface area (Å²) in [4.78, 5) is 18.9. The topological polar surface area (TPSA) is 90.3 Å². The molecule has 10 heteroatoms. The molecule has 0 saturated heterocycles. The van der Waals surface area contributed by atoms with Crippen LogP contribution in [-0.2, 0) is 17.2 Å². The van der Waals surface area contributed by atoms with E-state index in [-0.39, 0.29) is 5.91 Å². The number of hydrogen-bond donors (Lipinski definition) is 2. The number of anilines is 2. The second-order valence-electron chi connectivity index (χ2n) is 10.8. The highest BCUT2D eigenvalue weighted by Crippen LogP contribution is 2.40. The van der Waals surface area contributed by atoms with Crippen molar-refractivity contribution in [3.8, 4) is 11.5 Å². The maximum absolute atomic E-state index is 14.1. The summed E-state index contributed by atoms with van der Waals surface area (Å²) in [6, 6.07) is 30.6. The molecule has 1 atom stereocenters. The lowest BCUT2D eigenvalue weighted by Gasteiger charge is -2.29. The lowest BCUT2D eigenvalue weighted by Crippen LogP contribution is -2.31. The summed E-state index contributed by atoms with van der Waals surface area (Å²) < 4.78 is 14.0. The Morgan fingerprint density at radius 3 is 2.50 bits per heavy atom. The molecule has 2 heterocycles. The minimum atomic E-state index is -0.593. The molecule has 0 fully saturated rings. The first-order valence-corrected chi connectivity index (χ1v) is 16.4. The average molecular weight is 652 g/mol. The Labute approximate surface area is 277 Å². The summed E-state index contributed by atoms with van der Waals surface area (Å²) in [6.07, 6.45) is 0. The molecule has 1 aliphatic rings. The molecule has 1 amide bonds. The number of aromatic nitrogens is 3. The minimum absolute atomic E-state index is 0.238. The van der Waals surface area contributed by atoms with Crippen molar-refractivity contribution in [3.05, 3.63) is 136 Å². The molecule has 1 aromatic heterocycles. The Kier molecular flexibility index (Phi) is 9.61. The van der Waals surface area contributed by atoms with Crippen molar-refractivity contribution in [2.45, 2.75) is 44.3 Å². The van der Waals surface area contributed by atoms with Crippen LogP contribution in [0, 0.1) is 6.92 Å². The van der Waals surface area contributed by atoms with Crippen molar-refractivity contribution < 1.29 is 14.3 Å². The van der Waals surface area contributed by atoms with Crippen molar-refractivity contribution in [3.63, 3.8) is 0 Å². The van der Waals surface area contributed by atoms with E-state index < -0.39 is 6.04 Å². The van der Waals surface area contributed by atoms with Crippen LogP contribution >= 0.6 is 23.4 Å². The number of thioether (sulfide) groups is 1. The van der Waals surface area contributed by atoms with Gasteiger partial charge in [0, 0.05) is 22.2 Å². The predicted molar refractivity (Wildman–Crippen MR) is 184 cm³/mol. The highest BCUT2D eigenvalue weighted by Gasteiger charge is 2.35. The van der Waals surface area contributed by atoms with Gasteiger partial charge in [-0.25, -0.2) is 4.68 Å². The standard InChI is InChI=1S/C36H34ClN5O3S/c1-4-44-31-20-26(18-19-30(31)45-21-25-13-6-5-7-14-25)33-32(34(43)39-29-17-11-8-12-23(29)2)24(3)38-35-40-36(41-42(33)35)46-22-27-15-9-10-16-28(27)37/h5-20,33H,4,21-22H2,1-3H3,(H,39,43)(H,38,40,41). The molecule has 4 aromatic carbocycles. The van der Waals surface area contributed by atoms with Crippen molar-refractivity contribution >= 4 is 40.9 Å². The van der Waals surface area contributed by atoms with E-state index in [0.29, 0.717) is 57.9 Å². The number of carbonyl (C=O) groups is 1. The van der Waals surface area contributed by atoms with Crippen molar-refractivity contribution in [1.29, 1.82) is 0 Å². The fourth-order valence-corrected chi connectivity index (χ4v) is 6.39. The van der Waals surface area contributed by atoms with Gasteiger partial charge in [0.1, 0.15) is 12.6 Å². The molecule has 6 rings (SSSR count). The summed E-state index contributed by atoms with van der Waals surface area (Å²) in [5.41, 5.74) is 5.76. The largest absolute Gasteiger partial charge is 0.490 e. The zero-order valence-electron chi connectivity index (χ0n) is 25.8. The van der Waals surface area contributed by atoms with Crippen LogP contribution in [0.15, 0.2) is 113 Å². The number of nitrogens with zero attached hydrogens (tertiary/aromatic N) is 3. The highest BCUT2D eigenvalue weighted by molar-refractivity contribution is 7.98. The SMILES string of the molecule is CCOc1cc(C2C(C(=O)Nc3ccccc3C)=C(C)Nc3nc(SCc4ccccc4Cl)nn32)ccc1OCc1ccccc1. The van der Waals surface area contributed by atoms with Gasteiger partial charge in [-0.3, -0.25) is 4.79 Å². The van der Waals surface area contributed by atoms with Crippen LogP contribution in [0.4, 0.5) is 11.6 Å². The fraction of sp³-hybridized carbons (Fsp3) is 0.194. The zero-order valence-corrected chi connectivity index (χ0v) is 27.4. The molecular formula is C36H34ClN5O3S. The van der Waals surface area contributed by atoms with E-state index in [1.54, 1.807) is 4.68 Å². The third kappa shape index (κ3) is 6.90. The maximum Gasteiger partial charge on any atom is 0.255 e. The number of rotatable bonds is 11. The van der Waals surface area contributed by atoms with E-state index in [4.69, 9.17) is 31.2 Å². The van der Waals surface area contributed by atoms with Crippen molar-refractivity contribution in [1.82, 2.24) is 14.8 Å². The Bertz CT molecular complexity index is 1890. The Morgan fingerprint density at radius 2 is 1.72 bits per heavy atom. The molecule has 1 aliphatic heterocycles.